The molecular weight excluding hydrogens is 258 g/mol. The summed E-state index contributed by atoms with van der Waals surface area (Å²) in [5.74, 6) is 0.124. The largest absolute Gasteiger partial charge is 0.496 e. The standard InChI is InChI=1S/C15H17NO4/c1-19-13-7-4-3-6-11(13)12(10-15(18)20-2)16-9-5-8-14(16)17/h3-4,6-7,10H,5,8-9H2,1-2H3/b12-10-. The van der Waals surface area contributed by atoms with Crippen molar-refractivity contribution in [3.8, 4) is 5.75 Å². The summed E-state index contributed by atoms with van der Waals surface area (Å²) in [4.78, 5) is 25.1. The Bertz CT molecular complexity index is 551. The van der Waals surface area contributed by atoms with Gasteiger partial charge in [0.25, 0.3) is 0 Å². The first-order chi connectivity index (χ1) is 9.67. The predicted molar refractivity (Wildman–Crippen MR) is 73.9 cm³/mol. The zero-order valence-corrected chi connectivity index (χ0v) is 11.6. The lowest BCUT2D eigenvalue weighted by molar-refractivity contribution is -0.134. The molecule has 0 N–H and O–H groups in total. The fourth-order valence-electron chi connectivity index (χ4n) is 2.23. The van der Waals surface area contributed by atoms with Crippen LogP contribution in [0.15, 0.2) is 30.3 Å². The number of esters is 1. The van der Waals surface area contributed by atoms with Gasteiger partial charge in [-0.2, -0.15) is 0 Å². The van der Waals surface area contributed by atoms with Gasteiger partial charge in [-0.05, 0) is 18.6 Å². The van der Waals surface area contributed by atoms with Crippen LogP contribution < -0.4 is 4.74 Å². The lowest BCUT2D eigenvalue weighted by Crippen LogP contribution is -2.24. The van der Waals surface area contributed by atoms with Gasteiger partial charge in [0.2, 0.25) is 5.91 Å². The molecule has 0 aromatic heterocycles. The van der Waals surface area contributed by atoms with E-state index in [1.807, 2.05) is 18.2 Å². The van der Waals surface area contributed by atoms with E-state index in [0.29, 0.717) is 30.0 Å². The molecule has 5 heteroatoms. The zero-order chi connectivity index (χ0) is 14.5. The Hall–Kier alpha value is -2.30. The van der Waals surface area contributed by atoms with Crippen molar-refractivity contribution in [2.75, 3.05) is 20.8 Å². The van der Waals surface area contributed by atoms with E-state index in [4.69, 9.17) is 4.74 Å². The van der Waals surface area contributed by atoms with E-state index in [1.54, 1.807) is 18.1 Å². The van der Waals surface area contributed by atoms with Gasteiger partial charge in [0, 0.05) is 24.6 Å². The Balaban J connectivity index is 2.48. The summed E-state index contributed by atoms with van der Waals surface area (Å²) in [6, 6.07) is 7.29. The molecule has 1 aromatic rings. The van der Waals surface area contributed by atoms with Gasteiger partial charge < -0.3 is 14.4 Å². The number of rotatable bonds is 4. The van der Waals surface area contributed by atoms with Gasteiger partial charge in [0.1, 0.15) is 5.75 Å². The average Bonchev–Trinajstić information content (AvgIpc) is 2.90. The molecule has 5 nitrogen and oxygen atoms in total. The first kappa shape index (κ1) is 14.1. The Morgan fingerprint density at radius 3 is 2.65 bits per heavy atom. The number of likely N-dealkylation sites (tertiary alicyclic amines) is 1. The highest BCUT2D eigenvalue weighted by atomic mass is 16.5. The molecule has 0 bridgehead atoms. The summed E-state index contributed by atoms with van der Waals surface area (Å²) in [6.45, 7) is 0.597. The highest BCUT2D eigenvalue weighted by molar-refractivity contribution is 5.97. The molecule has 1 aliphatic heterocycles. The summed E-state index contributed by atoms with van der Waals surface area (Å²) in [5.41, 5.74) is 1.23. The molecular formula is C15H17NO4. The van der Waals surface area contributed by atoms with Crippen molar-refractivity contribution in [3.05, 3.63) is 35.9 Å². The maximum Gasteiger partial charge on any atom is 0.332 e. The molecule has 1 heterocycles. The molecule has 1 aliphatic rings. The number of carbonyl (C=O) groups excluding carboxylic acids is 2. The molecule has 106 valence electrons. The second-order valence-electron chi connectivity index (χ2n) is 4.40. The topological polar surface area (TPSA) is 55.8 Å². The highest BCUT2D eigenvalue weighted by Crippen LogP contribution is 2.31. The van der Waals surface area contributed by atoms with Gasteiger partial charge in [-0.25, -0.2) is 4.79 Å². The van der Waals surface area contributed by atoms with Gasteiger partial charge in [-0.15, -0.1) is 0 Å². The van der Waals surface area contributed by atoms with Crippen molar-refractivity contribution in [3.63, 3.8) is 0 Å². The maximum atomic E-state index is 12.0. The second-order valence-corrected chi connectivity index (χ2v) is 4.40. The van der Waals surface area contributed by atoms with E-state index in [2.05, 4.69) is 4.74 Å². The molecule has 2 rings (SSSR count). The van der Waals surface area contributed by atoms with Crippen molar-refractivity contribution < 1.29 is 19.1 Å². The highest BCUT2D eigenvalue weighted by Gasteiger charge is 2.26. The predicted octanol–water partition coefficient (Wildman–Crippen LogP) is 1.83. The van der Waals surface area contributed by atoms with Crippen LogP contribution in [0.2, 0.25) is 0 Å². The van der Waals surface area contributed by atoms with Gasteiger partial charge in [0.15, 0.2) is 0 Å². The number of methoxy groups -OCH3 is 2. The van der Waals surface area contributed by atoms with Gasteiger partial charge in [-0.1, -0.05) is 12.1 Å². The average molecular weight is 275 g/mol. The number of carbonyl (C=O) groups is 2. The molecule has 0 atom stereocenters. The molecule has 1 saturated heterocycles. The molecule has 1 aromatic carbocycles. The van der Waals surface area contributed by atoms with Crippen LogP contribution in [-0.2, 0) is 14.3 Å². The number of hydrogen-bond donors (Lipinski definition) is 0. The van der Waals surface area contributed by atoms with E-state index < -0.39 is 5.97 Å². The first-order valence-corrected chi connectivity index (χ1v) is 6.40. The second kappa shape index (κ2) is 6.23. The van der Waals surface area contributed by atoms with Gasteiger partial charge in [-0.3, -0.25) is 4.79 Å². The SMILES string of the molecule is COC(=O)/C=C(/c1ccccc1OC)N1CCCC1=O. The van der Waals surface area contributed by atoms with E-state index in [9.17, 15) is 9.59 Å². The van der Waals surface area contributed by atoms with Crippen LogP contribution in [0.25, 0.3) is 5.70 Å². The Labute approximate surface area is 117 Å². The molecule has 1 fully saturated rings. The smallest absolute Gasteiger partial charge is 0.332 e. The summed E-state index contributed by atoms with van der Waals surface area (Å²) in [7, 11) is 2.87. The lowest BCUT2D eigenvalue weighted by Gasteiger charge is -2.21. The van der Waals surface area contributed by atoms with Crippen molar-refractivity contribution in [1.82, 2.24) is 4.90 Å². The minimum Gasteiger partial charge on any atom is -0.496 e. The van der Waals surface area contributed by atoms with Crippen LogP contribution in [0.1, 0.15) is 18.4 Å². The van der Waals surface area contributed by atoms with Crippen LogP contribution in [0.4, 0.5) is 0 Å². The van der Waals surface area contributed by atoms with Crippen molar-refractivity contribution in [2.24, 2.45) is 0 Å². The van der Waals surface area contributed by atoms with Crippen LogP contribution >= 0.6 is 0 Å². The van der Waals surface area contributed by atoms with Crippen molar-refractivity contribution in [2.45, 2.75) is 12.8 Å². The fraction of sp³-hybridized carbons (Fsp3) is 0.333. The Morgan fingerprint density at radius 2 is 2.05 bits per heavy atom. The minimum absolute atomic E-state index is 0.00561. The van der Waals surface area contributed by atoms with Crippen LogP contribution in [0.3, 0.4) is 0 Å². The zero-order valence-electron chi connectivity index (χ0n) is 11.6. The number of amides is 1. The Kier molecular flexibility index (Phi) is 4.40. The number of benzene rings is 1. The number of ether oxygens (including phenoxy) is 2. The van der Waals surface area contributed by atoms with E-state index in [1.165, 1.54) is 13.2 Å². The summed E-state index contributed by atoms with van der Waals surface area (Å²) < 4.78 is 9.98. The summed E-state index contributed by atoms with van der Waals surface area (Å²) in [6.07, 6.45) is 2.61. The fourth-order valence-corrected chi connectivity index (χ4v) is 2.23. The molecule has 0 radical (unpaired) electrons. The summed E-state index contributed by atoms with van der Waals surface area (Å²) >= 11 is 0. The minimum atomic E-state index is -0.495. The molecule has 0 spiro atoms. The number of nitrogens with zero attached hydrogens (tertiary/aromatic N) is 1. The molecule has 0 saturated carbocycles. The van der Waals surface area contributed by atoms with Crippen LogP contribution in [0, 0.1) is 0 Å². The maximum absolute atomic E-state index is 12.0. The molecule has 0 aliphatic carbocycles. The quantitative estimate of drug-likeness (QED) is 0.621. The van der Waals surface area contributed by atoms with Gasteiger partial charge >= 0.3 is 5.97 Å². The number of hydrogen-bond acceptors (Lipinski definition) is 4. The third-order valence-electron chi connectivity index (χ3n) is 3.20. The third-order valence-corrected chi connectivity index (χ3v) is 3.20. The van der Waals surface area contributed by atoms with Crippen molar-refractivity contribution in [1.29, 1.82) is 0 Å². The van der Waals surface area contributed by atoms with Crippen LogP contribution in [0.5, 0.6) is 5.75 Å². The van der Waals surface area contributed by atoms with Gasteiger partial charge in [0.05, 0.1) is 19.9 Å². The van der Waals surface area contributed by atoms with E-state index in [-0.39, 0.29) is 5.91 Å². The monoisotopic (exact) mass is 275 g/mol. The van der Waals surface area contributed by atoms with E-state index in [0.717, 1.165) is 6.42 Å². The molecule has 0 unspecified atom stereocenters. The normalized spacial score (nSPS) is 15.4. The van der Waals surface area contributed by atoms with E-state index >= 15 is 0 Å². The number of para-hydroxylation sites is 1. The molecule has 20 heavy (non-hydrogen) atoms. The first-order valence-electron chi connectivity index (χ1n) is 6.40. The lowest BCUT2D eigenvalue weighted by atomic mass is 10.1. The van der Waals surface area contributed by atoms with Crippen LogP contribution in [-0.4, -0.2) is 37.5 Å². The Morgan fingerprint density at radius 1 is 1.30 bits per heavy atom. The molecule has 1 amide bonds. The third kappa shape index (κ3) is 2.82. The van der Waals surface area contributed by atoms with Crippen molar-refractivity contribution >= 4 is 17.6 Å². The summed E-state index contributed by atoms with van der Waals surface area (Å²) in [5, 5.41) is 0.